The number of carbonyl (C=O) groups excluding carboxylic acids is 2. The van der Waals surface area contributed by atoms with Crippen molar-refractivity contribution in [2.45, 2.75) is 5.16 Å². The van der Waals surface area contributed by atoms with Gasteiger partial charge in [-0.3, -0.25) is 0 Å². The van der Waals surface area contributed by atoms with E-state index in [9.17, 15) is 9.59 Å². The Morgan fingerprint density at radius 1 is 0.958 bits per heavy atom. The van der Waals surface area contributed by atoms with Crippen LogP contribution in [0, 0.1) is 0 Å². The number of rotatable bonds is 3. The Balaban J connectivity index is 2.11. The van der Waals surface area contributed by atoms with Gasteiger partial charge in [0.05, 0.1) is 0 Å². The molecular formula is C16H11Cr2NO3Si2. The van der Waals surface area contributed by atoms with Crippen LogP contribution in [0.1, 0.15) is 31.8 Å². The van der Waals surface area contributed by atoms with Gasteiger partial charge in [-0.2, -0.15) is 0 Å². The topological polar surface area (TPSA) is 69.4 Å². The second-order valence-electron chi connectivity index (χ2n) is 5.21. The molecule has 0 amide bonds. The van der Waals surface area contributed by atoms with Crippen molar-refractivity contribution in [2.75, 3.05) is 12.3 Å². The zero-order valence-corrected chi connectivity index (χ0v) is 16.9. The Morgan fingerprint density at radius 3 is 2.12 bits per heavy atom. The molecule has 0 aromatic heterocycles. The fraction of sp³-hybridized carbons (Fsp3) is 0.125. The number of benzene rings is 2. The van der Waals surface area contributed by atoms with Gasteiger partial charge in [-0.1, -0.05) is 0 Å². The summed E-state index contributed by atoms with van der Waals surface area (Å²) in [6.07, 6.45) is 0. The molecule has 2 aromatic carbocycles. The fourth-order valence-electron chi connectivity index (χ4n) is 2.60. The maximum absolute atomic E-state index is 12.9. The number of nitrogens with two attached hydrogens (primary N) is 1. The van der Waals surface area contributed by atoms with E-state index in [1.54, 1.807) is 36.4 Å². The van der Waals surface area contributed by atoms with E-state index in [2.05, 4.69) is 29.9 Å². The molecule has 0 spiro atoms. The summed E-state index contributed by atoms with van der Waals surface area (Å²) in [7, 11) is 1.24. The van der Waals surface area contributed by atoms with Crippen molar-refractivity contribution in [3.8, 4) is 5.75 Å². The van der Waals surface area contributed by atoms with Crippen LogP contribution in [-0.4, -0.2) is 33.0 Å². The number of anilines is 1. The number of carbonyl (C=O) groups is 2. The summed E-state index contributed by atoms with van der Waals surface area (Å²) in [4.78, 5) is 25.7. The molecule has 0 saturated carbocycles. The molecule has 1 aliphatic carbocycles. The quantitative estimate of drug-likeness (QED) is 0.510. The number of ether oxygens (including phenoxy) is 1. The molecule has 118 valence electrons. The first-order chi connectivity index (χ1) is 11.6. The normalized spacial score (nSPS) is 12.1. The molecule has 2 N–H and O–H groups in total. The Morgan fingerprint density at radius 2 is 1.54 bits per heavy atom. The van der Waals surface area contributed by atoms with Crippen LogP contribution < -0.4 is 10.5 Å². The molecule has 0 saturated heterocycles. The van der Waals surface area contributed by atoms with Crippen molar-refractivity contribution in [1.82, 2.24) is 0 Å². The molecule has 4 nitrogen and oxygen atoms in total. The van der Waals surface area contributed by atoms with E-state index in [4.69, 9.17) is 10.5 Å². The third-order valence-electron chi connectivity index (χ3n) is 3.76. The van der Waals surface area contributed by atoms with Gasteiger partial charge < -0.3 is 0 Å². The molecule has 0 heterocycles. The van der Waals surface area contributed by atoms with Crippen LogP contribution in [0.5, 0.6) is 5.75 Å². The summed E-state index contributed by atoms with van der Waals surface area (Å²) in [6.45, 7) is 0.483. The first-order valence-corrected chi connectivity index (χ1v) is 12.9. The third-order valence-corrected chi connectivity index (χ3v) is 10.2. The Hall–Kier alpha value is -1.12. The molecule has 3 rings (SSSR count). The van der Waals surface area contributed by atoms with Crippen LogP contribution >= 0.6 is 0 Å². The molecule has 8 heteroatoms. The zero-order valence-electron chi connectivity index (χ0n) is 12.4. The van der Waals surface area contributed by atoms with Crippen molar-refractivity contribution in [1.29, 1.82) is 0 Å². The van der Waals surface area contributed by atoms with Gasteiger partial charge in [0, 0.05) is 0 Å². The van der Waals surface area contributed by atoms with E-state index in [0.29, 0.717) is 49.1 Å². The molecule has 1 aliphatic rings. The van der Waals surface area contributed by atoms with Gasteiger partial charge >= 0.3 is 158 Å². The van der Waals surface area contributed by atoms with Crippen LogP contribution in [0.25, 0.3) is 0 Å². The number of hydrogen-bond donors (Lipinski definition) is 1. The maximum atomic E-state index is 12.9. The minimum atomic E-state index is -0.226. The molecule has 0 aliphatic heterocycles. The molecule has 0 unspecified atom stereocenters. The molecule has 0 bridgehead atoms. The summed E-state index contributed by atoms with van der Waals surface area (Å²) >= 11 is 6.05. The number of nitrogen functional groups attached to an aromatic ring is 1. The van der Waals surface area contributed by atoms with Crippen molar-refractivity contribution in [3.63, 3.8) is 0 Å². The monoisotopic (exact) mass is 425 g/mol. The summed E-state index contributed by atoms with van der Waals surface area (Å²) < 4.78 is 5.88. The average molecular weight is 425 g/mol. The molecule has 24 heavy (non-hydrogen) atoms. The van der Waals surface area contributed by atoms with Crippen molar-refractivity contribution >= 4 is 32.1 Å². The van der Waals surface area contributed by atoms with Gasteiger partial charge in [0.1, 0.15) is 0 Å². The predicted octanol–water partition coefficient (Wildman–Crippen LogP) is 1.50. The van der Waals surface area contributed by atoms with Crippen LogP contribution in [0.15, 0.2) is 36.4 Å². The minimum absolute atomic E-state index is 0.213. The van der Waals surface area contributed by atoms with E-state index in [1.165, 1.54) is 0 Å². The van der Waals surface area contributed by atoms with E-state index < -0.39 is 0 Å². The fourth-order valence-corrected chi connectivity index (χ4v) is 7.20. The van der Waals surface area contributed by atoms with Crippen molar-refractivity contribution in [3.05, 3.63) is 58.7 Å². The van der Waals surface area contributed by atoms with Gasteiger partial charge in [-0.05, 0) is 0 Å². The molecular weight excluding hydrogens is 414 g/mol. The second-order valence-corrected chi connectivity index (χ2v) is 9.86. The molecule has 0 atom stereocenters. The van der Waals surface area contributed by atoms with E-state index in [0.717, 1.165) is 0 Å². The van der Waals surface area contributed by atoms with Gasteiger partial charge in [0.15, 0.2) is 0 Å². The van der Waals surface area contributed by atoms with E-state index in [-0.39, 0.29) is 22.7 Å². The Bertz CT molecular complexity index is 949. The third kappa shape index (κ3) is 3.07. The van der Waals surface area contributed by atoms with E-state index in [1.807, 2.05) is 0 Å². The summed E-state index contributed by atoms with van der Waals surface area (Å²) in [5.41, 5.74) is 7.63. The SMILES string of the molecule is Nc1ccc(OCC([Si]#[Cr])[Si]#[Cr])c2c1C(=O)c1ccccc1C2=O. The summed E-state index contributed by atoms with van der Waals surface area (Å²) in [5.74, 6) is -0.0141. The van der Waals surface area contributed by atoms with Crippen molar-refractivity contribution in [2.24, 2.45) is 0 Å². The van der Waals surface area contributed by atoms with Gasteiger partial charge in [0.25, 0.3) is 0 Å². The Labute approximate surface area is 157 Å². The van der Waals surface area contributed by atoms with Crippen LogP contribution in [0.3, 0.4) is 0 Å². The average Bonchev–Trinajstić information content (AvgIpc) is 2.61. The van der Waals surface area contributed by atoms with Gasteiger partial charge in [0.2, 0.25) is 0 Å². The van der Waals surface area contributed by atoms with Crippen LogP contribution in [-0.2, 0) is 29.9 Å². The van der Waals surface area contributed by atoms with Gasteiger partial charge in [-0.15, -0.1) is 0 Å². The number of fused-ring (bicyclic) bond motifs is 2. The molecule has 0 fully saturated rings. The summed E-state index contributed by atoms with van der Waals surface area (Å²) in [6, 6.07) is 10.1. The van der Waals surface area contributed by atoms with E-state index >= 15 is 0 Å². The van der Waals surface area contributed by atoms with Crippen LogP contribution in [0.4, 0.5) is 5.69 Å². The van der Waals surface area contributed by atoms with Crippen LogP contribution in [0.2, 0.25) is 5.16 Å². The molecule has 0 radical (unpaired) electrons. The van der Waals surface area contributed by atoms with Gasteiger partial charge in [-0.25, -0.2) is 0 Å². The standard InChI is InChI=1S/C16H11NO3Si2.2Cr/c17-10-5-6-11(20-7-12(21)22)14-13(10)15(18)8-3-1-2-4-9(8)16(14)19;;/h1-6,12H,7,17H2;;. The number of ketones is 2. The zero-order chi connectivity index (χ0) is 17.3. The molecule has 2 aromatic rings. The Kier molecular flexibility index (Phi) is 5.46. The van der Waals surface area contributed by atoms with Crippen molar-refractivity contribution < 1.29 is 44.2 Å². The second kappa shape index (κ2) is 7.41. The first kappa shape index (κ1) is 17.7. The number of hydrogen-bond acceptors (Lipinski definition) is 4. The summed E-state index contributed by atoms with van der Waals surface area (Å²) in [5, 5.41) is 0.361. The first-order valence-electron chi connectivity index (χ1n) is 7.07. The predicted molar refractivity (Wildman–Crippen MR) is 84.9 cm³/mol.